The van der Waals surface area contributed by atoms with E-state index in [0.29, 0.717) is 13.0 Å². The summed E-state index contributed by atoms with van der Waals surface area (Å²) in [5, 5.41) is 19.3. The van der Waals surface area contributed by atoms with Crippen LogP contribution in [0.5, 0.6) is 0 Å². The zero-order valence-corrected chi connectivity index (χ0v) is 12.2. The second kappa shape index (κ2) is 6.07. The van der Waals surface area contributed by atoms with E-state index in [0.717, 1.165) is 0 Å². The van der Waals surface area contributed by atoms with Gasteiger partial charge in [-0.25, -0.2) is 4.79 Å². The second-order valence-electron chi connectivity index (χ2n) is 6.29. The van der Waals surface area contributed by atoms with Crippen molar-refractivity contribution in [3.05, 3.63) is 0 Å². The van der Waals surface area contributed by atoms with E-state index in [1.54, 1.807) is 27.7 Å². The summed E-state index contributed by atoms with van der Waals surface area (Å²) >= 11 is 0. The smallest absolute Gasteiger partial charge is 0.410 e. The molecule has 112 valence electrons. The molecular weight excluding hydrogens is 250 g/mol. The Kier molecular flexibility index (Phi) is 5.18. The summed E-state index contributed by atoms with van der Waals surface area (Å²) in [6.07, 6.45) is -0.545. The quantitative estimate of drug-likeness (QED) is 0.738. The van der Waals surface area contributed by atoms with E-state index in [1.165, 1.54) is 4.90 Å². The van der Waals surface area contributed by atoms with Gasteiger partial charge in [-0.1, -0.05) is 0 Å². The molecule has 0 spiro atoms. The van der Waals surface area contributed by atoms with Gasteiger partial charge in [-0.15, -0.1) is 0 Å². The summed E-state index contributed by atoms with van der Waals surface area (Å²) in [7, 11) is 0. The molecule has 2 N–H and O–H groups in total. The van der Waals surface area contributed by atoms with Gasteiger partial charge in [-0.05, 0) is 34.1 Å². The summed E-state index contributed by atoms with van der Waals surface area (Å²) in [5.41, 5.74) is -1.58. The number of hydrogen-bond donors (Lipinski definition) is 2. The minimum Gasteiger partial charge on any atom is -0.444 e. The lowest BCUT2D eigenvalue weighted by atomic mass is 10.0. The molecule has 6 nitrogen and oxygen atoms in total. The van der Waals surface area contributed by atoms with Crippen LogP contribution in [-0.2, 0) is 9.47 Å². The molecule has 1 aliphatic heterocycles. The minimum absolute atomic E-state index is 0.153. The first-order valence-corrected chi connectivity index (χ1v) is 6.56. The first-order chi connectivity index (χ1) is 8.63. The van der Waals surface area contributed by atoms with Crippen molar-refractivity contribution in [2.45, 2.75) is 51.4 Å². The number of ether oxygens (including phenoxy) is 2. The first kappa shape index (κ1) is 16.2. The highest BCUT2D eigenvalue weighted by molar-refractivity contribution is 5.68. The van der Waals surface area contributed by atoms with Gasteiger partial charge in [-0.3, -0.25) is 0 Å². The van der Waals surface area contributed by atoms with Crippen molar-refractivity contribution < 1.29 is 24.5 Å². The molecule has 0 radical (unpaired) electrons. The number of aliphatic hydroxyl groups is 2. The fraction of sp³-hybridized carbons (Fsp3) is 0.923. The highest BCUT2D eigenvalue weighted by Crippen LogP contribution is 2.18. The van der Waals surface area contributed by atoms with E-state index in [1.807, 2.05) is 0 Å². The molecule has 0 aliphatic carbocycles. The predicted molar refractivity (Wildman–Crippen MR) is 69.9 cm³/mol. The van der Waals surface area contributed by atoms with E-state index in [-0.39, 0.29) is 19.8 Å². The van der Waals surface area contributed by atoms with E-state index in [9.17, 15) is 15.0 Å². The van der Waals surface area contributed by atoms with Crippen LogP contribution in [0.4, 0.5) is 4.79 Å². The second-order valence-corrected chi connectivity index (χ2v) is 6.29. The summed E-state index contributed by atoms with van der Waals surface area (Å²) in [4.78, 5) is 13.5. The van der Waals surface area contributed by atoms with Gasteiger partial charge < -0.3 is 24.6 Å². The number of carbonyl (C=O) groups is 1. The maximum atomic E-state index is 12.0. The zero-order valence-electron chi connectivity index (χ0n) is 12.2. The Balaban J connectivity index is 2.71. The number of hydrogen-bond acceptors (Lipinski definition) is 5. The predicted octanol–water partition coefficient (Wildman–Crippen LogP) is 0.756. The summed E-state index contributed by atoms with van der Waals surface area (Å²) in [5.74, 6) is 0. The van der Waals surface area contributed by atoms with Crippen molar-refractivity contribution in [1.29, 1.82) is 0 Å². The van der Waals surface area contributed by atoms with Gasteiger partial charge in [0.1, 0.15) is 5.60 Å². The van der Waals surface area contributed by atoms with E-state index in [4.69, 9.17) is 9.47 Å². The summed E-state index contributed by atoms with van der Waals surface area (Å²) in [6, 6.07) is 0. The maximum absolute atomic E-state index is 12.0. The molecule has 0 saturated carbocycles. The maximum Gasteiger partial charge on any atom is 0.410 e. The van der Waals surface area contributed by atoms with Crippen LogP contribution in [0.2, 0.25) is 0 Å². The van der Waals surface area contributed by atoms with Crippen LogP contribution < -0.4 is 0 Å². The lowest BCUT2D eigenvalue weighted by Gasteiger charge is -2.35. The third kappa shape index (κ3) is 5.76. The summed E-state index contributed by atoms with van der Waals surface area (Å²) in [6.45, 7) is 7.64. The van der Waals surface area contributed by atoms with Crippen LogP contribution in [-0.4, -0.2) is 64.8 Å². The number of amides is 1. The van der Waals surface area contributed by atoms with Crippen LogP contribution in [0, 0.1) is 0 Å². The van der Waals surface area contributed by atoms with Gasteiger partial charge in [0, 0.05) is 6.54 Å². The van der Waals surface area contributed by atoms with E-state index >= 15 is 0 Å². The van der Waals surface area contributed by atoms with E-state index in [2.05, 4.69) is 0 Å². The molecule has 0 aromatic heterocycles. The van der Waals surface area contributed by atoms with Crippen molar-refractivity contribution in [3.63, 3.8) is 0 Å². The van der Waals surface area contributed by atoms with Crippen molar-refractivity contribution >= 4 is 6.09 Å². The molecule has 2 atom stereocenters. The average molecular weight is 275 g/mol. The Morgan fingerprint density at radius 1 is 1.53 bits per heavy atom. The van der Waals surface area contributed by atoms with Gasteiger partial charge in [0.25, 0.3) is 0 Å². The van der Waals surface area contributed by atoms with E-state index < -0.39 is 23.4 Å². The van der Waals surface area contributed by atoms with Gasteiger partial charge in [0.15, 0.2) is 0 Å². The normalized spacial score (nSPS) is 29.6. The molecule has 0 bridgehead atoms. The molecule has 1 saturated heterocycles. The largest absolute Gasteiger partial charge is 0.444 e. The molecule has 1 rings (SSSR count). The van der Waals surface area contributed by atoms with Crippen LogP contribution >= 0.6 is 0 Å². The molecule has 1 heterocycles. The van der Waals surface area contributed by atoms with Crippen LogP contribution in [0.15, 0.2) is 0 Å². The SMILES string of the molecule is CC1(O)CCN(C(=O)OC(C)(C)C)C[C@@H](CO)OC1. The third-order valence-electron chi connectivity index (χ3n) is 2.83. The molecule has 1 amide bonds. The monoisotopic (exact) mass is 275 g/mol. The Hall–Kier alpha value is -0.850. The standard InChI is InChI=1S/C13H25NO5/c1-12(2,3)19-11(16)14-6-5-13(4,17)9-18-10(7-14)8-15/h10,15,17H,5-9H2,1-4H3/t10-,13?/m0/s1. The Morgan fingerprint density at radius 2 is 2.16 bits per heavy atom. The third-order valence-corrected chi connectivity index (χ3v) is 2.83. The lowest BCUT2D eigenvalue weighted by molar-refractivity contribution is -0.104. The summed E-state index contributed by atoms with van der Waals surface area (Å²) < 4.78 is 10.7. The molecule has 1 unspecified atom stereocenters. The molecular formula is C13H25NO5. The van der Waals surface area contributed by atoms with Crippen molar-refractivity contribution in [2.75, 3.05) is 26.3 Å². The van der Waals surface area contributed by atoms with Crippen molar-refractivity contribution in [3.8, 4) is 0 Å². The van der Waals surface area contributed by atoms with Crippen molar-refractivity contribution in [1.82, 2.24) is 4.90 Å². The molecule has 1 aliphatic rings. The Morgan fingerprint density at radius 3 is 2.68 bits per heavy atom. The van der Waals surface area contributed by atoms with Gasteiger partial charge in [0.2, 0.25) is 0 Å². The zero-order chi connectivity index (χ0) is 14.7. The number of rotatable bonds is 1. The van der Waals surface area contributed by atoms with Gasteiger partial charge in [-0.2, -0.15) is 0 Å². The Bertz CT molecular complexity index is 311. The lowest BCUT2D eigenvalue weighted by Crippen LogP contribution is -2.49. The molecule has 0 aromatic rings. The molecule has 0 aromatic carbocycles. The van der Waals surface area contributed by atoms with Crippen molar-refractivity contribution in [2.24, 2.45) is 0 Å². The average Bonchev–Trinajstić information content (AvgIpc) is 2.23. The fourth-order valence-corrected chi connectivity index (χ4v) is 1.74. The number of carbonyl (C=O) groups excluding carboxylic acids is 1. The van der Waals surface area contributed by atoms with Gasteiger partial charge in [0.05, 0.1) is 31.5 Å². The first-order valence-electron chi connectivity index (χ1n) is 6.56. The Labute approximate surface area is 114 Å². The number of aliphatic hydroxyl groups excluding tert-OH is 1. The van der Waals surface area contributed by atoms with Gasteiger partial charge >= 0.3 is 6.09 Å². The minimum atomic E-state index is -1.01. The highest BCUT2D eigenvalue weighted by Gasteiger charge is 2.31. The topological polar surface area (TPSA) is 79.2 Å². The van der Waals surface area contributed by atoms with Crippen LogP contribution in [0.1, 0.15) is 34.1 Å². The van der Waals surface area contributed by atoms with Crippen LogP contribution in [0.25, 0.3) is 0 Å². The molecule has 19 heavy (non-hydrogen) atoms. The van der Waals surface area contributed by atoms with Crippen LogP contribution in [0.3, 0.4) is 0 Å². The molecule has 1 fully saturated rings. The number of nitrogens with zero attached hydrogens (tertiary/aromatic N) is 1. The fourth-order valence-electron chi connectivity index (χ4n) is 1.74. The highest BCUT2D eigenvalue weighted by atomic mass is 16.6. The molecule has 6 heteroatoms.